The van der Waals surface area contributed by atoms with Gasteiger partial charge >= 0.3 is 0 Å². The van der Waals surface area contributed by atoms with Gasteiger partial charge in [0.1, 0.15) is 11.2 Å². The minimum absolute atomic E-state index is 0.620. The van der Waals surface area contributed by atoms with Gasteiger partial charge in [0, 0.05) is 32.8 Å². The Morgan fingerprint density at radius 1 is 0.298 bits per heavy atom. The van der Waals surface area contributed by atoms with Gasteiger partial charge in [-0.3, -0.25) is 0 Å². The molecule has 0 saturated heterocycles. The van der Waals surface area contributed by atoms with E-state index in [4.69, 9.17) is 19.4 Å². The van der Waals surface area contributed by atoms with Crippen LogP contribution in [0.4, 0.5) is 0 Å². The predicted octanol–water partition coefficient (Wildman–Crippen LogP) is 14.1. The summed E-state index contributed by atoms with van der Waals surface area (Å²) in [5.41, 5.74) is 11.5. The van der Waals surface area contributed by atoms with Crippen LogP contribution in [0.3, 0.4) is 0 Å². The molecule has 0 N–H and O–H groups in total. The fourth-order valence-corrected chi connectivity index (χ4v) is 8.17. The molecule has 2 aromatic heterocycles. The Morgan fingerprint density at radius 3 is 1.42 bits per heavy atom. The first-order valence-electron chi connectivity index (χ1n) is 19.2. The van der Waals surface area contributed by atoms with Gasteiger partial charge in [0.05, 0.1) is 0 Å². The molecule has 0 saturated carbocycles. The number of aromatic nitrogens is 3. The van der Waals surface area contributed by atoms with Crippen molar-refractivity contribution in [1.29, 1.82) is 0 Å². The van der Waals surface area contributed by atoms with E-state index in [0.717, 1.165) is 60.7 Å². The third-order valence-corrected chi connectivity index (χ3v) is 11.0. The molecule has 4 nitrogen and oxygen atoms in total. The lowest BCUT2D eigenvalue weighted by Crippen LogP contribution is -2.00. The van der Waals surface area contributed by atoms with Crippen molar-refractivity contribution < 1.29 is 4.42 Å². The molecule has 4 heteroatoms. The molecular formula is C53H33N3O. The van der Waals surface area contributed by atoms with Gasteiger partial charge in [0.2, 0.25) is 0 Å². The number of rotatable bonds is 6. The number of fused-ring (bicyclic) bond motifs is 6. The summed E-state index contributed by atoms with van der Waals surface area (Å²) in [7, 11) is 0. The Balaban J connectivity index is 1.01. The average molecular weight is 728 g/mol. The van der Waals surface area contributed by atoms with E-state index in [0.29, 0.717) is 17.5 Å². The van der Waals surface area contributed by atoms with Crippen LogP contribution in [-0.2, 0) is 0 Å². The van der Waals surface area contributed by atoms with Gasteiger partial charge in [-0.05, 0) is 61.7 Å². The van der Waals surface area contributed by atoms with Crippen molar-refractivity contribution in [3.63, 3.8) is 0 Å². The lowest BCUT2D eigenvalue weighted by atomic mass is 9.93. The Kier molecular flexibility index (Phi) is 7.78. The molecular weight excluding hydrogens is 695 g/mol. The van der Waals surface area contributed by atoms with E-state index in [1.807, 2.05) is 30.3 Å². The molecule has 9 aromatic carbocycles. The van der Waals surface area contributed by atoms with E-state index in [-0.39, 0.29) is 0 Å². The van der Waals surface area contributed by atoms with Crippen LogP contribution in [0.2, 0.25) is 0 Å². The quantitative estimate of drug-likeness (QED) is 0.171. The molecule has 0 unspecified atom stereocenters. The van der Waals surface area contributed by atoms with E-state index in [2.05, 4.69) is 170 Å². The van der Waals surface area contributed by atoms with Crippen LogP contribution in [0.25, 0.3) is 111 Å². The number of furan rings is 1. The van der Waals surface area contributed by atoms with E-state index in [1.54, 1.807) is 0 Å². The molecule has 0 bridgehead atoms. The summed E-state index contributed by atoms with van der Waals surface area (Å²) in [4.78, 5) is 15.1. The van der Waals surface area contributed by atoms with Crippen LogP contribution in [0, 0.1) is 0 Å². The Labute approximate surface area is 329 Å². The zero-order chi connectivity index (χ0) is 37.7. The summed E-state index contributed by atoms with van der Waals surface area (Å²) >= 11 is 0. The second kappa shape index (κ2) is 13.6. The number of benzene rings is 9. The van der Waals surface area contributed by atoms with Crippen molar-refractivity contribution in [1.82, 2.24) is 15.0 Å². The molecule has 0 radical (unpaired) electrons. The summed E-state index contributed by atoms with van der Waals surface area (Å²) < 4.78 is 6.65. The maximum absolute atomic E-state index is 6.65. The lowest BCUT2D eigenvalue weighted by Gasteiger charge is -2.11. The van der Waals surface area contributed by atoms with Gasteiger partial charge in [0.25, 0.3) is 0 Å². The number of hydrogen-bond acceptors (Lipinski definition) is 4. The van der Waals surface area contributed by atoms with Crippen LogP contribution in [-0.4, -0.2) is 15.0 Å². The summed E-state index contributed by atoms with van der Waals surface area (Å²) in [6, 6.07) is 69.8. The van der Waals surface area contributed by atoms with Crippen LogP contribution in [0.1, 0.15) is 0 Å². The fourth-order valence-electron chi connectivity index (χ4n) is 8.17. The van der Waals surface area contributed by atoms with Crippen LogP contribution in [0.15, 0.2) is 205 Å². The highest BCUT2D eigenvalue weighted by atomic mass is 16.3. The standard InChI is InChI=1S/C53H33N3O/c1-3-13-35(14-4-1)46-33-47-49-43(23-12-24-48(49)57-50(47)45-21-10-9-20-44(45)46)37-27-31-40(32-28-37)53-55-51(38-16-5-2-6-17-38)54-52(56-53)39-29-25-36(26-30-39)42-22-11-18-34-15-7-8-19-41(34)42/h1-33H. The zero-order valence-electron chi connectivity index (χ0n) is 30.8. The fraction of sp³-hybridized carbons (Fsp3) is 0. The van der Waals surface area contributed by atoms with Crippen LogP contribution in [0.5, 0.6) is 0 Å². The average Bonchev–Trinajstić information content (AvgIpc) is 3.68. The Hall–Kier alpha value is -7.69. The molecule has 0 spiro atoms. The molecule has 0 amide bonds. The minimum Gasteiger partial charge on any atom is -0.455 e. The van der Waals surface area contributed by atoms with E-state index < -0.39 is 0 Å². The van der Waals surface area contributed by atoms with Gasteiger partial charge in [-0.2, -0.15) is 0 Å². The zero-order valence-corrected chi connectivity index (χ0v) is 30.8. The molecule has 2 heterocycles. The Morgan fingerprint density at radius 2 is 0.754 bits per heavy atom. The molecule has 11 rings (SSSR count). The summed E-state index contributed by atoms with van der Waals surface area (Å²) in [6.07, 6.45) is 0. The number of hydrogen-bond donors (Lipinski definition) is 0. The highest BCUT2D eigenvalue weighted by Crippen LogP contribution is 2.43. The second-order valence-electron chi connectivity index (χ2n) is 14.3. The van der Waals surface area contributed by atoms with Crippen molar-refractivity contribution in [2.45, 2.75) is 0 Å². The van der Waals surface area contributed by atoms with Gasteiger partial charge in [-0.15, -0.1) is 0 Å². The van der Waals surface area contributed by atoms with Gasteiger partial charge in [-0.1, -0.05) is 188 Å². The smallest absolute Gasteiger partial charge is 0.164 e. The first-order chi connectivity index (χ1) is 28.2. The summed E-state index contributed by atoms with van der Waals surface area (Å²) in [5, 5.41) is 6.93. The van der Waals surface area contributed by atoms with Crippen molar-refractivity contribution >= 4 is 43.5 Å². The van der Waals surface area contributed by atoms with Crippen molar-refractivity contribution in [2.75, 3.05) is 0 Å². The first kappa shape index (κ1) is 32.7. The van der Waals surface area contributed by atoms with E-state index >= 15 is 0 Å². The maximum Gasteiger partial charge on any atom is 0.164 e. The van der Waals surface area contributed by atoms with Gasteiger partial charge in [0.15, 0.2) is 17.5 Å². The molecule has 0 aliphatic carbocycles. The monoisotopic (exact) mass is 727 g/mol. The van der Waals surface area contributed by atoms with Gasteiger partial charge < -0.3 is 4.42 Å². The molecule has 11 aromatic rings. The molecule has 0 atom stereocenters. The van der Waals surface area contributed by atoms with Gasteiger partial charge in [-0.25, -0.2) is 15.0 Å². The minimum atomic E-state index is 0.620. The largest absolute Gasteiger partial charge is 0.455 e. The molecule has 0 fully saturated rings. The summed E-state index contributed by atoms with van der Waals surface area (Å²) in [6.45, 7) is 0. The maximum atomic E-state index is 6.65. The normalized spacial score (nSPS) is 11.5. The van der Waals surface area contributed by atoms with Crippen LogP contribution < -0.4 is 0 Å². The summed E-state index contributed by atoms with van der Waals surface area (Å²) in [5.74, 6) is 1.88. The topological polar surface area (TPSA) is 51.8 Å². The first-order valence-corrected chi connectivity index (χ1v) is 19.2. The highest BCUT2D eigenvalue weighted by Gasteiger charge is 2.19. The molecule has 0 aliphatic heterocycles. The third kappa shape index (κ3) is 5.74. The van der Waals surface area contributed by atoms with E-state index in [1.165, 1.54) is 32.8 Å². The third-order valence-electron chi connectivity index (χ3n) is 11.0. The second-order valence-corrected chi connectivity index (χ2v) is 14.3. The Bertz CT molecular complexity index is 3260. The van der Waals surface area contributed by atoms with Crippen molar-refractivity contribution in [2.24, 2.45) is 0 Å². The predicted molar refractivity (Wildman–Crippen MR) is 235 cm³/mol. The number of nitrogens with zero attached hydrogens (tertiary/aromatic N) is 3. The molecule has 266 valence electrons. The molecule has 0 aliphatic rings. The van der Waals surface area contributed by atoms with Crippen molar-refractivity contribution in [3.8, 4) is 67.5 Å². The van der Waals surface area contributed by atoms with E-state index in [9.17, 15) is 0 Å². The highest BCUT2D eigenvalue weighted by molar-refractivity contribution is 6.22. The lowest BCUT2D eigenvalue weighted by molar-refractivity contribution is 0.673. The molecule has 57 heavy (non-hydrogen) atoms. The van der Waals surface area contributed by atoms with Crippen LogP contribution >= 0.6 is 0 Å². The van der Waals surface area contributed by atoms with Crippen molar-refractivity contribution in [3.05, 3.63) is 200 Å². The SMILES string of the molecule is c1ccc(-c2nc(-c3ccc(-c4cccc5ccccc45)cc3)nc(-c3ccc(-c4cccc5oc6c7ccccc7c(-c7ccccc7)cc6c45)cc3)n2)cc1.